The maximum absolute atomic E-state index is 14.6. The molecule has 0 bridgehead atoms. The minimum absolute atomic E-state index is 0.0334. The largest absolute Gasteiger partial charge is 0.508 e. The number of nitrogens with zero attached hydrogens (tertiary/aromatic N) is 2. The zero-order valence-corrected chi connectivity index (χ0v) is 26.0. The van der Waals surface area contributed by atoms with Crippen molar-refractivity contribution in [3.05, 3.63) is 113 Å². The number of rotatable bonds is 3. The maximum Gasteiger partial charge on any atom is 0.241 e. The second-order valence-electron chi connectivity index (χ2n) is 12.7. The van der Waals surface area contributed by atoms with Crippen molar-refractivity contribution in [2.45, 2.75) is 25.7 Å². The van der Waals surface area contributed by atoms with E-state index in [-0.39, 0.29) is 35.8 Å². The lowest BCUT2D eigenvalue weighted by Crippen LogP contribution is -2.49. The van der Waals surface area contributed by atoms with E-state index in [4.69, 9.17) is 0 Å². The van der Waals surface area contributed by atoms with Gasteiger partial charge in [-0.2, -0.15) is 0 Å². The summed E-state index contributed by atoms with van der Waals surface area (Å²) in [5.74, 6) is -4.32. The maximum atomic E-state index is 14.6. The third-order valence-electron chi connectivity index (χ3n) is 10.6. The van der Waals surface area contributed by atoms with Gasteiger partial charge < -0.3 is 5.11 Å². The van der Waals surface area contributed by atoms with Crippen molar-refractivity contribution in [3.63, 3.8) is 0 Å². The van der Waals surface area contributed by atoms with Gasteiger partial charge in [-0.1, -0.05) is 76.1 Å². The first-order valence-electron chi connectivity index (χ1n) is 15.2. The van der Waals surface area contributed by atoms with Crippen molar-refractivity contribution in [2.24, 2.45) is 29.1 Å². The summed E-state index contributed by atoms with van der Waals surface area (Å²) in [4.78, 5) is 59.7. The molecule has 224 valence electrons. The molecule has 2 aliphatic carbocycles. The number of carbonyl (C=O) groups excluding carboxylic acids is 4. The van der Waals surface area contributed by atoms with Crippen LogP contribution in [0.25, 0.3) is 10.8 Å². The van der Waals surface area contributed by atoms with Gasteiger partial charge in [0, 0.05) is 16.0 Å². The molecule has 7 nitrogen and oxygen atoms in total. The molecule has 2 aliphatic heterocycles. The minimum Gasteiger partial charge on any atom is -0.508 e. The molecular weight excluding hydrogens is 632 g/mol. The number of phenols is 1. The Labute approximate surface area is 268 Å². The third-order valence-corrected chi connectivity index (χ3v) is 11.1. The molecule has 8 rings (SSSR count). The smallest absolute Gasteiger partial charge is 0.241 e. The van der Waals surface area contributed by atoms with Crippen LogP contribution < -0.4 is 9.80 Å². The van der Waals surface area contributed by atoms with Crippen molar-refractivity contribution >= 4 is 61.7 Å². The number of phenolic OH excluding ortho intramolecular Hbond substituents is 1. The van der Waals surface area contributed by atoms with Gasteiger partial charge in [-0.15, -0.1) is 0 Å². The summed E-state index contributed by atoms with van der Waals surface area (Å²) in [6.07, 6.45) is 2.60. The fourth-order valence-corrected chi connectivity index (χ4v) is 8.84. The van der Waals surface area contributed by atoms with Crippen LogP contribution in [0.15, 0.2) is 107 Å². The van der Waals surface area contributed by atoms with Gasteiger partial charge in [0.05, 0.1) is 34.5 Å². The molecule has 0 unspecified atom stereocenters. The van der Waals surface area contributed by atoms with Crippen LogP contribution in [0.4, 0.5) is 11.4 Å². The molecule has 1 saturated carbocycles. The Morgan fingerprint density at radius 1 is 0.756 bits per heavy atom. The van der Waals surface area contributed by atoms with Crippen LogP contribution >= 0.6 is 15.9 Å². The SMILES string of the molecule is C[C@@]12C(=O)N(c3ccccc3)C(=O)[C@@H]1C[C@@H]1C(=CC[C@@H]3C(=O)N(c4ccc(Br)cc4)C(=O)[C@@H]31)[C@@H]2c1c(O)ccc2ccccc12. The van der Waals surface area contributed by atoms with Crippen LogP contribution in [-0.4, -0.2) is 28.7 Å². The number of benzene rings is 4. The second kappa shape index (κ2) is 9.97. The van der Waals surface area contributed by atoms with Crippen molar-refractivity contribution in [3.8, 4) is 5.75 Å². The molecule has 6 atom stereocenters. The molecule has 4 amide bonds. The van der Waals surface area contributed by atoms with Gasteiger partial charge >= 0.3 is 0 Å². The number of amides is 4. The number of hydrogen-bond donors (Lipinski definition) is 1. The first kappa shape index (κ1) is 28.0. The van der Waals surface area contributed by atoms with Crippen molar-refractivity contribution in [1.29, 1.82) is 0 Å². The molecule has 3 fully saturated rings. The van der Waals surface area contributed by atoms with E-state index in [1.54, 1.807) is 54.6 Å². The second-order valence-corrected chi connectivity index (χ2v) is 13.6. The fourth-order valence-electron chi connectivity index (χ4n) is 8.58. The first-order valence-corrected chi connectivity index (χ1v) is 16.0. The standard InChI is InChI=1S/C37H29BrN2O5/c1-37-28(34(43)40(36(37)45)22-8-3-2-4-9-22)19-27-25(32(37)31-24-10-6-5-7-20(24)11-18-29(31)41)16-17-26-30(27)35(44)39(33(26)42)23-14-12-21(38)13-15-23/h2-16,18,26-28,30,32,41H,17,19H2,1H3/t26-,27+,28-,30-,32+,37+/m0/s1. The average molecular weight is 662 g/mol. The molecule has 4 aromatic carbocycles. The Balaban J connectivity index is 1.32. The van der Waals surface area contributed by atoms with Gasteiger partial charge in [-0.3, -0.25) is 24.1 Å². The van der Waals surface area contributed by atoms with Gasteiger partial charge in [-0.05, 0) is 78.9 Å². The number of allylic oxidation sites excluding steroid dienone is 2. The zero-order chi connectivity index (χ0) is 31.2. The normalized spacial score (nSPS) is 29.1. The number of aromatic hydroxyl groups is 1. The molecule has 4 aromatic rings. The van der Waals surface area contributed by atoms with Crippen LogP contribution in [0.3, 0.4) is 0 Å². The molecule has 45 heavy (non-hydrogen) atoms. The van der Waals surface area contributed by atoms with Crippen molar-refractivity contribution in [1.82, 2.24) is 0 Å². The molecule has 2 saturated heterocycles. The molecule has 0 spiro atoms. The fraction of sp³-hybridized carbons (Fsp3) is 0.243. The Morgan fingerprint density at radius 2 is 1.44 bits per heavy atom. The van der Waals surface area contributed by atoms with E-state index in [1.807, 2.05) is 49.4 Å². The van der Waals surface area contributed by atoms with Crippen LogP contribution in [-0.2, 0) is 19.2 Å². The van der Waals surface area contributed by atoms with E-state index in [0.717, 1.165) is 20.8 Å². The predicted molar refractivity (Wildman–Crippen MR) is 173 cm³/mol. The number of fused-ring (bicyclic) bond motifs is 5. The highest BCUT2D eigenvalue weighted by Gasteiger charge is 2.68. The molecule has 4 aliphatic rings. The lowest BCUT2D eigenvalue weighted by atomic mass is 9.51. The topological polar surface area (TPSA) is 95.0 Å². The summed E-state index contributed by atoms with van der Waals surface area (Å²) >= 11 is 3.43. The molecule has 0 radical (unpaired) electrons. The quantitative estimate of drug-likeness (QED) is 0.194. The van der Waals surface area contributed by atoms with Crippen LogP contribution in [0.5, 0.6) is 5.75 Å². The predicted octanol–water partition coefficient (Wildman–Crippen LogP) is 6.74. The summed E-state index contributed by atoms with van der Waals surface area (Å²) in [5, 5.41) is 13.2. The Bertz CT molecular complexity index is 1970. The zero-order valence-electron chi connectivity index (χ0n) is 24.4. The molecular formula is C37H29BrN2O5. The Hall–Kier alpha value is -4.56. The van der Waals surface area contributed by atoms with Gasteiger partial charge in [0.2, 0.25) is 23.6 Å². The monoisotopic (exact) mass is 660 g/mol. The summed E-state index contributed by atoms with van der Waals surface area (Å²) in [7, 11) is 0. The van der Waals surface area contributed by atoms with E-state index < -0.39 is 35.0 Å². The van der Waals surface area contributed by atoms with Gasteiger partial charge in [0.25, 0.3) is 0 Å². The van der Waals surface area contributed by atoms with Gasteiger partial charge in [-0.25, -0.2) is 4.90 Å². The van der Waals surface area contributed by atoms with Crippen LogP contribution in [0.1, 0.15) is 31.2 Å². The number of halogens is 1. The number of imide groups is 2. The molecule has 2 heterocycles. The lowest BCUT2D eigenvalue weighted by Gasteiger charge is -2.49. The van der Waals surface area contributed by atoms with Crippen LogP contribution in [0.2, 0.25) is 0 Å². The van der Waals surface area contributed by atoms with E-state index >= 15 is 0 Å². The average Bonchev–Trinajstić information content (AvgIpc) is 3.42. The third kappa shape index (κ3) is 3.81. The number of carbonyl (C=O) groups is 4. The summed E-state index contributed by atoms with van der Waals surface area (Å²) in [6.45, 7) is 1.84. The number of anilines is 2. The number of hydrogen-bond acceptors (Lipinski definition) is 5. The summed E-state index contributed by atoms with van der Waals surface area (Å²) < 4.78 is 0.836. The van der Waals surface area contributed by atoms with Crippen molar-refractivity contribution < 1.29 is 24.3 Å². The van der Waals surface area contributed by atoms with Crippen molar-refractivity contribution in [2.75, 3.05) is 9.80 Å². The molecule has 8 heteroatoms. The Morgan fingerprint density at radius 3 is 2.20 bits per heavy atom. The van der Waals surface area contributed by atoms with E-state index in [1.165, 1.54) is 9.80 Å². The van der Waals surface area contributed by atoms with E-state index in [2.05, 4.69) is 15.9 Å². The first-order chi connectivity index (χ1) is 21.7. The van der Waals surface area contributed by atoms with Crippen LogP contribution in [0, 0.1) is 29.1 Å². The van der Waals surface area contributed by atoms with E-state index in [9.17, 15) is 24.3 Å². The summed E-state index contributed by atoms with van der Waals surface area (Å²) in [5.41, 5.74) is 1.19. The molecule has 0 aromatic heterocycles. The van der Waals surface area contributed by atoms with E-state index in [0.29, 0.717) is 23.4 Å². The Kier molecular flexibility index (Phi) is 6.20. The molecule has 1 N–H and O–H groups in total. The number of para-hydroxylation sites is 1. The van der Waals surface area contributed by atoms with Gasteiger partial charge in [0.1, 0.15) is 5.75 Å². The highest BCUT2D eigenvalue weighted by molar-refractivity contribution is 9.10. The van der Waals surface area contributed by atoms with Gasteiger partial charge in [0.15, 0.2) is 0 Å². The minimum atomic E-state index is -1.24. The highest BCUT2D eigenvalue weighted by Crippen LogP contribution is 2.65. The lowest BCUT2D eigenvalue weighted by molar-refractivity contribution is -0.131. The highest BCUT2D eigenvalue weighted by atomic mass is 79.9. The summed E-state index contributed by atoms with van der Waals surface area (Å²) in [6, 6.07) is 27.2.